The smallest absolute Gasteiger partial charge is 0.226 e. The Labute approximate surface area is 172 Å². The van der Waals surface area contributed by atoms with E-state index < -0.39 is 0 Å². The SMILES string of the molecule is Cn1c(SCCCc2nc(-c3ccccc3)no2)nnc1-c1ccccc1Cl. The van der Waals surface area contributed by atoms with Crippen LogP contribution < -0.4 is 0 Å². The molecular weight excluding hydrogens is 394 g/mol. The molecule has 0 unspecified atom stereocenters. The Morgan fingerprint density at radius 2 is 1.82 bits per heavy atom. The summed E-state index contributed by atoms with van der Waals surface area (Å²) in [6.45, 7) is 0. The Balaban J connectivity index is 1.33. The number of thioether (sulfide) groups is 1. The first-order valence-electron chi connectivity index (χ1n) is 8.87. The van der Waals surface area contributed by atoms with Gasteiger partial charge in [0, 0.05) is 30.3 Å². The van der Waals surface area contributed by atoms with E-state index in [-0.39, 0.29) is 0 Å². The number of nitrogens with zero attached hydrogens (tertiary/aromatic N) is 5. The van der Waals surface area contributed by atoms with Gasteiger partial charge in [-0.05, 0) is 18.6 Å². The van der Waals surface area contributed by atoms with Crippen molar-refractivity contribution in [1.82, 2.24) is 24.9 Å². The zero-order chi connectivity index (χ0) is 19.3. The third-order valence-electron chi connectivity index (χ3n) is 4.22. The Morgan fingerprint density at radius 1 is 1.04 bits per heavy atom. The average Bonchev–Trinajstić information content (AvgIpc) is 3.34. The van der Waals surface area contributed by atoms with Crippen molar-refractivity contribution in [2.24, 2.45) is 7.05 Å². The molecule has 4 aromatic rings. The quantitative estimate of drug-likeness (QED) is 0.318. The molecule has 28 heavy (non-hydrogen) atoms. The maximum absolute atomic E-state index is 6.27. The van der Waals surface area contributed by atoms with Gasteiger partial charge in [-0.2, -0.15) is 4.98 Å². The van der Waals surface area contributed by atoms with Gasteiger partial charge in [0.2, 0.25) is 11.7 Å². The zero-order valence-corrected chi connectivity index (χ0v) is 16.8. The summed E-state index contributed by atoms with van der Waals surface area (Å²) in [5, 5.41) is 14.1. The molecule has 0 N–H and O–H groups in total. The van der Waals surface area contributed by atoms with Gasteiger partial charge in [-0.1, -0.05) is 71.0 Å². The molecule has 0 saturated carbocycles. The van der Waals surface area contributed by atoms with Gasteiger partial charge in [0.25, 0.3) is 0 Å². The molecular formula is C20H18ClN5OS. The van der Waals surface area contributed by atoms with E-state index in [2.05, 4.69) is 20.3 Å². The lowest BCUT2D eigenvalue weighted by molar-refractivity contribution is 0.378. The number of aryl methyl sites for hydroxylation is 1. The second-order valence-electron chi connectivity index (χ2n) is 6.17. The first kappa shape index (κ1) is 18.7. The topological polar surface area (TPSA) is 69.6 Å². The van der Waals surface area contributed by atoms with Crippen molar-refractivity contribution in [2.45, 2.75) is 18.0 Å². The minimum Gasteiger partial charge on any atom is -0.339 e. The molecule has 142 valence electrons. The first-order chi connectivity index (χ1) is 13.7. The van der Waals surface area contributed by atoms with E-state index in [4.69, 9.17) is 16.1 Å². The molecule has 0 fully saturated rings. The number of benzene rings is 2. The molecule has 8 heteroatoms. The lowest BCUT2D eigenvalue weighted by Crippen LogP contribution is -1.96. The highest BCUT2D eigenvalue weighted by atomic mass is 35.5. The molecule has 2 aromatic carbocycles. The van der Waals surface area contributed by atoms with Crippen LogP contribution in [-0.2, 0) is 13.5 Å². The van der Waals surface area contributed by atoms with Crippen LogP contribution in [0.3, 0.4) is 0 Å². The minimum absolute atomic E-state index is 0.626. The molecule has 0 atom stereocenters. The molecule has 0 amide bonds. The standard InChI is InChI=1S/C20H18ClN5OS/c1-26-19(15-10-5-6-11-16(15)21)23-24-20(26)28-13-7-12-17-22-18(25-27-17)14-8-3-2-4-9-14/h2-6,8-11H,7,12-13H2,1H3. The summed E-state index contributed by atoms with van der Waals surface area (Å²) in [4.78, 5) is 4.46. The van der Waals surface area contributed by atoms with Gasteiger partial charge in [0.05, 0.1) is 5.02 Å². The van der Waals surface area contributed by atoms with Crippen LogP contribution in [-0.4, -0.2) is 30.7 Å². The second-order valence-corrected chi connectivity index (χ2v) is 7.64. The second kappa shape index (κ2) is 8.58. The van der Waals surface area contributed by atoms with Crippen molar-refractivity contribution in [3.05, 3.63) is 65.5 Å². The summed E-state index contributed by atoms with van der Waals surface area (Å²) in [5.74, 6) is 2.91. The van der Waals surface area contributed by atoms with E-state index in [1.165, 1.54) is 0 Å². The van der Waals surface area contributed by atoms with Crippen molar-refractivity contribution >= 4 is 23.4 Å². The fraction of sp³-hybridized carbons (Fsp3) is 0.200. The van der Waals surface area contributed by atoms with E-state index in [1.807, 2.05) is 66.2 Å². The van der Waals surface area contributed by atoms with Crippen LogP contribution in [0.4, 0.5) is 0 Å². The molecule has 2 heterocycles. The maximum Gasteiger partial charge on any atom is 0.226 e. The largest absolute Gasteiger partial charge is 0.339 e. The van der Waals surface area contributed by atoms with Gasteiger partial charge in [0.1, 0.15) is 0 Å². The summed E-state index contributed by atoms with van der Waals surface area (Å²) in [6, 6.07) is 17.5. The highest BCUT2D eigenvalue weighted by molar-refractivity contribution is 7.99. The number of hydrogen-bond acceptors (Lipinski definition) is 6. The Kier molecular flexibility index (Phi) is 5.73. The predicted octanol–water partition coefficient (Wildman–Crippen LogP) is 4.91. The third-order valence-corrected chi connectivity index (χ3v) is 5.65. The molecule has 0 radical (unpaired) electrons. The summed E-state index contributed by atoms with van der Waals surface area (Å²) >= 11 is 7.92. The average molecular weight is 412 g/mol. The van der Waals surface area contributed by atoms with E-state index >= 15 is 0 Å². The van der Waals surface area contributed by atoms with Crippen LogP contribution in [0.5, 0.6) is 0 Å². The lowest BCUT2D eigenvalue weighted by atomic mass is 10.2. The van der Waals surface area contributed by atoms with Gasteiger partial charge in [-0.25, -0.2) is 0 Å². The van der Waals surface area contributed by atoms with Crippen LogP contribution in [0.15, 0.2) is 64.3 Å². The minimum atomic E-state index is 0.626. The highest BCUT2D eigenvalue weighted by Crippen LogP contribution is 2.28. The first-order valence-corrected chi connectivity index (χ1v) is 10.2. The van der Waals surface area contributed by atoms with Gasteiger partial charge >= 0.3 is 0 Å². The zero-order valence-electron chi connectivity index (χ0n) is 15.2. The normalized spacial score (nSPS) is 11.1. The Bertz CT molecular complexity index is 1060. The molecule has 6 nitrogen and oxygen atoms in total. The summed E-state index contributed by atoms with van der Waals surface area (Å²) in [7, 11) is 1.95. The molecule has 0 spiro atoms. The van der Waals surface area contributed by atoms with Crippen LogP contribution >= 0.6 is 23.4 Å². The fourth-order valence-corrected chi connectivity index (χ4v) is 3.84. The summed E-state index contributed by atoms with van der Waals surface area (Å²) in [5.41, 5.74) is 1.84. The van der Waals surface area contributed by atoms with Gasteiger partial charge in [0.15, 0.2) is 11.0 Å². The fourth-order valence-electron chi connectivity index (χ4n) is 2.77. The number of halogens is 1. The van der Waals surface area contributed by atoms with Crippen molar-refractivity contribution in [3.8, 4) is 22.8 Å². The van der Waals surface area contributed by atoms with E-state index in [0.717, 1.165) is 40.7 Å². The van der Waals surface area contributed by atoms with E-state index in [9.17, 15) is 0 Å². The maximum atomic E-state index is 6.27. The molecule has 0 aliphatic carbocycles. The van der Waals surface area contributed by atoms with Gasteiger partial charge in [-0.3, -0.25) is 0 Å². The number of hydrogen-bond donors (Lipinski definition) is 0. The highest BCUT2D eigenvalue weighted by Gasteiger charge is 2.14. The van der Waals surface area contributed by atoms with E-state index in [0.29, 0.717) is 16.7 Å². The summed E-state index contributed by atoms with van der Waals surface area (Å²) < 4.78 is 7.32. The van der Waals surface area contributed by atoms with Crippen LogP contribution in [0.25, 0.3) is 22.8 Å². The van der Waals surface area contributed by atoms with Crippen molar-refractivity contribution in [2.75, 3.05) is 5.75 Å². The number of aromatic nitrogens is 5. The molecule has 0 saturated heterocycles. The Hall–Kier alpha value is -2.64. The lowest BCUT2D eigenvalue weighted by Gasteiger charge is -2.05. The van der Waals surface area contributed by atoms with Crippen molar-refractivity contribution < 1.29 is 4.52 Å². The van der Waals surface area contributed by atoms with Crippen LogP contribution in [0, 0.1) is 0 Å². The third kappa shape index (κ3) is 4.10. The predicted molar refractivity (Wildman–Crippen MR) is 110 cm³/mol. The van der Waals surface area contributed by atoms with Crippen LogP contribution in [0.1, 0.15) is 12.3 Å². The molecule has 0 bridgehead atoms. The molecule has 4 rings (SSSR count). The van der Waals surface area contributed by atoms with Gasteiger partial charge in [-0.15, -0.1) is 10.2 Å². The Morgan fingerprint density at radius 3 is 2.64 bits per heavy atom. The van der Waals surface area contributed by atoms with Crippen molar-refractivity contribution in [3.63, 3.8) is 0 Å². The molecule has 0 aliphatic rings. The van der Waals surface area contributed by atoms with E-state index in [1.54, 1.807) is 11.8 Å². The summed E-state index contributed by atoms with van der Waals surface area (Å²) in [6.07, 6.45) is 1.62. The molecule has 2 aromatic heterocycles. The van der Waals surface area contributed by atoms with Crippen molar-refractivity contribution in [1.29, 1.82) is 0 Å². The van der Waals surface area contributed by atoms with Crippen LogP contribution in [0.2, 0.25) is 5.02 Å². The molecule has 0 aliphatic heterocycles. The monoisotopic (exact) mass is 411 g/mol. The van der Waals surface area contributed by atoms with Gasteiger partial charge < -0.3 is 9.09 Å². The number of rotatable bonds is 7.